The van der Waals surface area contributed by atoms with E-state index in [1.807, 2.05) is 61.5 Å². The Morgan fingerprint density at radius 2 is 1.71 bits per heavy atom. The lowest BCUT2D eigenvalue weighted by Crippen LogP contribution is -2.41. The Hall–Kier alpha value is -2.19. The lowest BCUT2D eigenvalue weighted by molar-refractivity contribution is -0.122. The smallest absolute Gasteiger partial charge is 0.243 e. The third kappa shape index (κ3) is 6.40. The Morgan fingerprint density at radius 3 is 2.35 bits per heavy atom. The molecule has 0 radical (unpaired) electrons. The normalized spacial score (nSPS) is 12.5. The third-order valence-electron chi connectivity index (χ3n) is 4.70. The van der Waals surface area contributed by atoms with Gasteiger partial charge >= 0.3 is 0 Å². The van der Waals surface area contributed by atoms with Crippen molar-refractivity contribution in [3.8, 4) is 0 Å². The Balaban J connectivity index is 1.82. The maximum Gasteiger partial charge on any atom is 0.243 e. The van der Waals surface area contributed by atoms with Crippen LogP contribution in [0.25, 0.3) is 0 Å². The van der Waals surface area contributed by atoms with E-state index in [-0.39, 0.29) is 29.9 Å². The highest BCUT2D eigenvalue weighted by Gasteiger charge is 2.27. The van der Waals surface area contributed by atoms with Crippen molar-refractivity contribution in [1.29, 1.82) is 0 Å². The van der Waals surface area contributed by atoms with Gasteiger partial charge in [0, 0.05) is 16.0 Å². The van der Waals surface area contributed by atoms with Gasteiger partial charge in [0.1, 0.15) is 0 Å². The fourth-order valence-corrected chi connectivity index (χ4v) is 5.00. The molecule has 0 spiro atoms. The van der Waals surface area contributed by atoms with Crippen LogP contribution in [0.2, 0.25) is 5.02 Å². The summed E-state index contributed by atoms with van der Waals surface area (Å²) >= 11 is 9.33. The van der Waals surface area contributed by atoms with Crippen molar-refractivity contribution in [3.63, 3.8) is 0 Å². The second-order valence-electron chi connectivity index (χ2n) is 7.06. The van der Waals surface area contributed by atoms with Gasteiger partial charge in [-0.15, -0.1) is 0 Å². The molecule has 0 bridgehead atoms. The molecule has 0 unspecified atom stereocenters. The van der Waals surface area contributed by atoms with Crippen LogP contribution in [0.15, 0.2) is 88.2 Å². The molecule has 31 heavy (non-hydrogen) atoms. The van der Waals surface area contributed by atoms with Crippen LogP contribution in [-0.2, 0) is 21.4 Å². The van der Waals surface area contributed by atoms with Crippen molar-refractivity contribution in [2.75, 3.05) is 6.54 Å². The molecule has 0 aliphatic rings. The Kier molecular flexibility index (Phi) is 7.89. The van der Waals surface area contributed by atoms with E-state index >= 15 is 0 Å². The fourth-order valence-electron chi connectivity index (χ4n) is 3.08. The monoisotopic (exact) mass is 520 g/mol. The quantitative estimate of drug-likeness (QED) is 0.445. The zero-order valence-electron chi connectivity index (χ0n) is 16.8. The molecular formula is C23H22BrClN2O3S. The highest BCUT2D eigenvalue weighted by atomic mass is 79.9. The molecule has 1 atom stereocenters. The summed E-state index contributed by atoms with van der Waals surface area (Å²) in [5, 5.41) is 3.32. The van der Waals surface area contributed by atoms with Crippen LogP contribution in [-0.4, -0.2) is 25.2 Å². The molecule has 1 amide bonds. The van der Waals surface area contributed by atoms with E-state index in [4.69, 9.17) is 11.6 Å². The second kappa shape index (κ2) is 10.4. The van der Waals surface area contributed by atoms with Crippen LogP contribution >= 0.6 is 27.5 Å². The van der Waals surface area contributed by atoms with Gasteiger partial charge in [0.05, 0.1) is 17.5 Å². The first kappa shape index (κ1) is 23.5. The number of nitrogens with zero attached hydrogens (tertiary/aromatic N) is 1. The average Bonchev–Trinajstić information content (AvgIpc) is 2.74. The number of hydrogen-bond acceptors (Lipinski definition) is 3. The molecule has 3 aromatic carbocycles. The maximum absolute atomic E-state index is 13.3. The van der Waals surface area contributed by atoms with Crippen molar-refractivity contribution >= 4 is 43.5 Å². The third-order valence-corrected chi connectivity index (χ3v) is 7.25. The minimum absolute atomic E-state index is 0.0739. The van der Waals surface area contributed by atoms with Gasteiger partial charge in [-0.2, -0.15) is 4.31 Å². The largest absolute Gasteiger partial charge is 0.348 e. The molecule has 0 aliphatic heterocycles. The summed E-state index contributed by atoms with van der Waals surface area (Å²) in [6, 6.07) is 22.4. The van der Waals surface area contributed by atoms with Gasteiger partial charge in [-0.1, -0.05) is 70.0 Å². The molecule has 5 nitrogen and oxygen atoms in total. The molecule has 0 aliphatic carbocycles. The van der Waals surface area contributed by atoms with Crippen molar-refractivity contribution in [2.45, 2.75) is 24.4 Å². The second-order valence-corrected chi connectivity index (χ2v) is 10.3. The number of hydrogen-bond donors (Lipinski definition) is 1. The number of halogens is 2. The molecule has 0 saturated heterocycles. The molecule has 1 N–H and O–H groups in total. The van der Waals surface area contributed by atoms with E-state index < -0.39 is 10.0 Å². The molecular weight excluding hydrogens is 500 g/mol. The van der Waals surface area contributed by atoms with Crippen molar-refractivity contribution in [3.05, 3.63) is 99.5 Å². The van der Waals surface area contributed by atoms with E-state index in [1.54, 1.807) is 0 Å². The molecule has 162 valence electrons. The first-order valence-corrected chi connectivity index (χ1v) is 12.2. The number of rotatable bonds is 8. The Morgan fingerprint density at radius 1 is 1.03 bits per heavy atom. The van der Waals surface area contributed by atoms with Crippen molar-refractivity contribution < 1.29 is 13.2 Å². The zero-order valence-corrected chi connectivity index (χ0v) is 20.0. The minimum atomic E-state index is -3.91. The van der Waals surface area contributed by atoms with Crippen LogP contribution in [0.5, 0.6) is 0 Å². The highest BCUT2D eigenvalue weighted by molar-refractivity contribution is 9.10. The van der Waals surface area contributed by atoms with Gasteiger partial charge in [-0.3, -0.25) is 4.79 Å². The summed E-state index contributed by atoms with van der Waals surface area (Å²) in [6.07, 6.45) is 0. The van der Waals surface area contributed by atoms with Crippen LogP contribution in [0.1, 0.15) is 24.1 Å². The minimum Gasteiger partial charge on any atom is -0.348 e. The lowest BCUT2D eigenvalue weighted by atomic mass is 10.1. The molecule has 8 heteroatoms. The fraction of sp³-hybridized carbons (Fsp3) is 0.174. The van der Waals surface area contributed by atoms with Crippen molar-refractivity contribution in [1.82, 2.24) is 9.62 Å². The van der Waals surface area contributed by atoms with Gasteiger partial charge in [-0.25, -0.2) is 8.42 Å². The first-order valence-electron chi connectivity index (χ1n) is 9.60. The predicted molar refractivity (Wildman–Crippen MR) is 126 cm³/mol. The van der Waals surface area contributed by atoms with E-state index in [1.165, 1.54) is 28.6 Å². The number of sulfonamides is 1. The van der Waals surface area contributed by atoms with Gasteiger partial charge in [0.2, 0.25) is 15.9 Å². The first-order chi connectivity index (χ1) is 14.8. The van der Waals surface area contributed by atoms with Crippen LogP contribution in [0, 0.1) is 0 Å². The van der Waals surface area contributed by atoms with E-state index in [2.05, 4.69) is 21.2 Å². The Bertz CT molecular complexity index is 1140. The van der Waals surface area contributed by atoms with Crippen LogP contribution < -0.4 is 5.32 Å². The van der Waals surface area contributed by atoms with Gasteiger partial charge in [0.15, 0.2) is 0 Å². The molecule has 3 rings (SSSR count). The summed E-state index contributed by atoms with van der Waals surface area (Å²) < 4.78 is 28.6. The number of amides is 1. The maximum atomic E-state index is 13.3. The molecule has 0 aromatic heterocycles. The number of carbonyl (C=O) groups excluding carboxylic acids is 1. The van der Waals surface area contributed by atoms with Gasteiger partial charge in [0.25, 0.3) is 0 Å². The van der Waals surface area contributed by atoms with E-state index in [0.29, 0.717) is 5.02 Å². The summed E-state index contributed by atoms with van der Waals surface area (Å²) in [7, 11) is -3.91. The average molecular weight is 522 g/mol. The Labute approximate surface area is 196 Å². The molecule has 0 fully saturated rings. The topological polar surface area (TPSA) is 66.5 Å². The lowest BCUT2D eigenvalue weighted by Gasteiger charge is -2.23. The van der Waals surface area contributed by atoms with Gasteiger partial charge in [-0.05, 0) is 54.4 Å². The van der Waals surface area contributed by atoms with Crippen LogP contribution in [0.3, 0.4) is 0 Å². The summed E-state index contributed by atoms with van der Waals surface area (Å²) in [4.78, 5) is 12.9. The van der Waals surface area contributed by atoms with Crippen molar-refractivity contribution in [2.24, 2.45) is 0 Å². The van der Waals surface area contributed by atoms with E-state index in [9.17, 15) is 13.2 Å². The summed E-state index contributed by atoms with van der Waals surface area (Å²) in [5.74, 6) is -0.388. The molecule has 0 saturated carbocycles. The predicted octanol–water partition coefficient (Wildman–Crippen LogP) is 5.17. The number of benzene rings is 3. The zero-order chi connectivity index (χ0) is 22.4. The molecule has 0 heterocycles. The molecule has 3 aromatic rings. The standard InChI is InChI=1S/C23H22BrClN2O3S/c1-17(19-8-5-9-20(24)14-19)26-23(28)16-27(15-18-6-3-2-4-7-18)31(29,30)22-12-10-21(25)11-13-22/h2-14,17H,15-16H2,1H3,(H,26,28)/t17-/m0/s1. The number of carbonyl (C=O) groups is 1. The summed E-state index contributed by atoms with van der Waals surface area (Å²) in [5.41, 5.74) is 1.70. The van der Waals surface area contributed by atoms with Gasteiger partial charge < -0.3 is 5.32 Å². The SMILES string of the molecule is C[C@H](NC(=O)CN(Cc1ccccc1)S(=O)(=O)c1ccc(Cl)cc1)c1cccc(Br)c1. The van der Waals surface area contributed by atoms with E-state index in [0.717, 1.165) is 15.6 Å². The van der Waals surface area contributed by atoms with Crippen LogP contribution in [0.4, 0.5) is 0 Å². The highest BCUT2D eigenvalue weighted by Crippen LogP contribution is 2.21. The number of nitrogens with one attached hydrogen (secondary N) is 1. The summed E-state index contributed by atoms with van der Waals surface area (Å²) in [6.45, 7) is 1.62.